The summed E-state index contributed by atoms with van der Waals surface area (Å²) in [6.07, 6.45) is -4.39. The zero-order valence-corrected chi connectivity index (χ0v) is 14.7. The molecule has 144 valence electrons. The zero-order valence-electron chi connectivity index (χ0n) is 14.7. The van der Waals surface area contributed by atoms with Crippen molar-refractivity contribution in [2.75, 3.05) is 12.4 Å². The number of likely N-dealkylation sites (N-methyl/N-ethyl adjacent to an activating group) is 1. The molecule has 27 heavy (non-hydrogen) atoms. The number of rotatable bonds is 6. The van der Waals surface area contributed by atoms with Gasteiger partial charge in [0.15, 0.2) is 0 Å². The van der Waals surface area contributed by atoms with E-state index in [9.17, 15) is 28.1 Å². The van der Waals surface area contributed by atoms with Gasteiger partial charge in [-0.3, -0.25) is 19.8 Å². The van der Waals surface area contributed by atoms with Crippen LogP contribution >= 0.6 is 0 Å². The predicted molar refractivity (Wildman–Crippen MR) is 94.1 cm³/mol. The number of hydrogen-bond donors (Lipinski definition) is 1. The lowest BCUT2D eigenvalue weighted by Gasteiger charge is -2.24. The van der Waals surface area contributed by atoms with E-state index in [4.69, 9.17) is 0 Å². The molecule has 0 fully saturated rings. The van der Waals surface area contributed by atoms with Crippen LogP contribution in [0, 0.1) is 10.1 Å². The van der Waals surface area contributed by atoms with Crippen LogP contribution in [-0.4, -0.2) is 28.8 Å². The van der Waals surface area contributed by atoms with Gasteiger partial charge in [-0.2, -0.15) is 13.2 Å². The molecule has 2 aromatic rings. The molecule has 0 saturated carbocycles. The molecule has 2 aromatic carbocycles. The summed E-state index contributed by atoms with van der Waals surface area (Å²) in [7, 11) is 1.68. The molecule has 0 heterocycles. The number of hydrogen-bond acceptors (Lipinski definition) is 4. The van der Waals surface area contributed by atoms with E-state index in [1.807, 2.05) is 0 Å². The molecule has 0 spiro atoms. The van der Waals surface area contributed by atoms with Crippen LogP contribution in [0.15, 0.2) is 48.5 Å². The number of nitro groups is 1. The summed E-state index contributed by atoms with van der Waals surface area (Å²) in [5.41, 5.74) is 0.249. The Labute approximate surface area is 153 Å². The molecule has 1 N–H and O–H groups in total. The largest absolute Gasteiger partial charge is 0.416 e. The van der Waals surface area contributed by atoms with Crippen molar-refractivity contribution < 1.29 is 22.9 Å². The highest BCUT2D eigenvalue weighted by molar-refractivity contribution is 5.94. The van der Waals surface area contributed by atoms with Gasteiger partial charge in [-0.25, -0.2) is 0 Å². The summed E-state index contributed by atoms with van der Waals surface area (Å²) in [5, 5.41) is 13.3. The number of nitrogens with zero attached hydrogens (tertiary/aromatic N) is 2. The zero-order chi connectivity index (χ0) is 20.2. The summed E-state index contributed by atoms with van der Waals surface area (Å²) in [6, 6.07) is 9.62. The maximum Gasteiger partial charge on any atom is 0.416 e. The van der Waals surface area contributed by atoms with Crippen molar-refractivity contribution in [2.24, 2.45) is 0 Å². The van der Waals surface area contributed by atoms with Gasteiger partial charge in [-0.1, -0.05) is 12.1 Å². The number of non-ortho nitro benzene ring substituents is 1. The maximum absolute atomic E-state index is 12.6. The molecular weight excluding hydrogens is 363 g/mol. The number of nitrogens with one attached hydrogen (secondary N) is 1. The van der Waals surface area contributed by atoms with Crippen molar-refractivity contribution in [2.45, 2.75) is 25.7 Å². The standard InChI is InChI=1S/C18H18F3N3O3/c1-12(17(25)22-15-7-9-16(10-8-15)24(26)27)23(2)11-13-3-5-14(6-4-13)18(19,20)21/h3-10,12H,11H2,1-2H3,(H,22,25). The number of nitro benzene ring substituents is 1. The van der Waals surface area contributed by atoms with Crippen molar-refractivity contribution in [1.82, 2.24) is 4.90 Å². The van der Waals surface area contributed by atoms with E-state index >= 15 is 0 Å². The average Bonchev–Trinajstić information content (AvgIpc) is 2.61. The highest BCUT2D eigenvalue weighted by atomic mass is 19.4. The van der Waals surface area contributed by atoms with E-state index in [1.165, 1.54) is 36.4 Å². The molecule has 0 aromatic heterocycles. The quantitative estimate of drug-likeness (QED) is 0.605. The Morgan fingerprint density at radius 1 is 1.15 bits per heavy atom. The lowest BCUT2D eigenvalue weighted by molar-refractivity contribution is -0.384. The van der Waals surface area contributed by atoms with Gasteiger partial charge in [0.25, 0.3) is 5.69 Å². The molecular formula is C18H18F3N3O3. The number of alkyl halides is 3. The first-order valence-corrected chi connectivity index (χ1v) is 7.99. The van der Waals surface area contributed by atoms with Gasteiger partial charge in [0.1, 0.15) is 0 Å². The Morgan fingerprint density at radius 2 is 1.70 bits per heavy atom. The number of carbonyl (C=O) groups excluding carboxylic acids is 1. The fourth-order valence-corrected chi connectivity index (χ4v) is 2.34. The summed E-state index contributed by atoms with van der Waals surface area (Å²) in [4.78, 5) is 24.1. The van der Waals surface area contributed by atoms with Gasteiger partial charge in [0, 0.05) is 24.4 Å². The van der Waals surface area contributed by atoms with Gasteiger partial charge < -0.3 is 5.32 Å². The van der Waals surface area contributed by atoms with Gasteiger partial charge in [-0.05, 0) is 43.8 Å². The van der Waals surface area contributed by atoms with E-state index in [0.29, 0.717) is 11.3 Å². The van der Waals surface area contributed by atoms with Crippen LogP contribution in [0.5, 0.6) is 0 Å². The van der Waals surface area contributed by atoms with Crippen LogP contribution in [0.25, 0.3) is 0 Å². The molecule has 1 unspecified atom stereocenters. The second-order valence-electron chi connectivity index (χ2n) is 6.08. The van der Waals surface area contributed by atoms with Gasteiger partial charge in [-0.15, -0.1) is 0 Å². The van der Waals surface area contributed by atoms with Gasteiger partial charge in [0.05, 0.1) is 16.5 Å². The summed E-state index contributed by atoms with van der Waals surface area (Å²) in [5.74, 6) is -0.335. The van der Waals surface area contributed by atoms with Crippen molar-refractivity contribution in [3.63, 3.8) is 0 Å². The summed E-state index contributed by atoms with van der Waals surface area (Å²) >= 11 is 0. The first kappa shape index (κ1) is 20.4. The summed E-state index contributed by atoms with van der Waals surface area (Å²) < 4.78 is 37.8. The SMILES string of the molecule is CC(C(=O)Nc1ccc([N+](=O)[O-])cc1)N(C)Cc1ccc(C(F)(F)F)cc1. The summed E-state index contributed by atoms with van der Waals surface area (Å²) in [6.45, 7) is 1.94. The minimum atomic E-state index is -4.39. The van der Waals surface area contributed by atoms with Crippen molar-refractivity contribution in [3.8, 4) is 0 Å². The van der Waals surface area contributed by atoms with Crippen molar-refractivity contribution in [3.05, 3.63) is 69.8 Å². The van der Waals surface area contributed by atoms with E-state index in [2.05, 4.69) is 5.32 Å². The number of halogens is 3. The van der Waals surface area contributed by atoms with Crippen LogP contribution in [0.3, 0.4) is 0 Å². The predicted octanol–water partition coefficient (Wildman–Crippen LogP) is 4.07. The second kappa shape index (κ2) is 8.17. The molecule has 0 radical (unpaired) electrons. The minimum absolute atomic E-state index is 0.0829. The van der Waals surface area contributed by atoms with Gasteiger partial charge in [0.2, 0.25) is 5.91 Å². The minimum Gasteiger partial charge on any atom is -0.325 e. The lowest BCUT2D eigenvalue weighted by Crippen LogP contribution is -2.39. The molecule has 0 saturated heterocycles. The van der Waals surface area contributed by atoms with Crippen LogP contribution in [-0.2, 0) is 17.5 Å². The van der Waals surface area contributed by atoms with E-state index in [1.54, 1.807) is 18.9 Å². The molecule has 0 aliphatic carbocycles. The highest BCUT2D eigenvalue weighted by Gasteiger charge is 2.30. The molecule has 0 aliphatic heterocycles. The van der Waals surface area contributed by atoms with Crippen molar-refractivity contribution >= 4 is 17.3 Å². The molecule has 1 atom stereocenters. The Balaban J connectivity index is 1.96. The maximum atomic E-state index is 12.6. The van der Waals surface area contributed by atoms with Crippen molar-refractivity contribution in [1.29, 1.82) is 0 Å². The first-order valence-electron chi connectivity index (χ1n) is 7.99. The topological polar surface area (TPSA) is 75.5 Å². The lowest BCUT2D eigenvalue weighted by atomic mass is 10.1. The number of anilines is 1. The van der Waals surface area contributed by atoms with Crippen LogP contribution in [0.1, 0.15) is 18.1 Å². The average molecular weight is 381 g/mol. The second-order valence-corrected chi connectivity index (χ2v) is 6.08. The van der Waals surface area contributed by atoms with Gasteiger partial charge >= 0.3 is 6.18 Å². The molecule has 9 heteroatoms. The highest BCUT2D eigenvalue weighted by Crippen LogP contribution is 2.29. The fraction of sp³-hybridized carbons (Fsp3) is 0.278. The van der Waals surface area contributed by atoms with Crippen LogP contribution < -0.4 is 5.32 Å². The normalized spacial score (nSPS) is 12.7. The molecule has 6 nitrogen and oxygen atoms in total. The molecule has 0 bridgehead atoms. The monoisotopic (exact) mass is 381 g/mol. The molecule has 2 rings (SSSR count). The third-order valence-corrected chi connectivity index (χ3v) is 4.10. The third kappa shape index (κ3) is 5.52. The fourth-order valence-electron chi connectivity index (χ4n) is 2.34. The smallest absolute Gasteiger partial charge is 0.325 e. The van der Waals surface area contributed by atoms with Crippen LogP contribution in [0.2, 0.25) is 0 Å². The van der Waals surface area contributed by atoms with Crippen LogP contribution in [0.4, 0.5) is 24.5 Å². The molecule has 0 aliphatic rings. The number of benzene rings is 2. The number of amides is 1. The Morgan fingerprint density at radius 3 is 2.19 bits per heavy atom. The Bertz CT molecular complexity index is 805. The van der Waals surface area contributed by atoms with E-state index in [-0.39, 0.29) is 18.1 Å². The van der Waals surface area contributed by atoms with E-state index in [0.717, 1.165) is 12.1 Å². The Hall–Kier alpha value is -2.94. The first-order chi connectivity index (χ1) is 12.6. The number of carbonyl (C=O) groups is 1. The van der Waals surface area contributed by atoms with E-state index < -0.39 is 22.7 Å². The molecule has 1 amide bonds. The third-order valence-electron chi connectivity index (χ3n) is 4.10. The Kier molecular flexibility index (Phi) is 6.17.